The van der Waals surface area contributed by atoms with E-state index in [0.29, 0.717) is 11.3 Å². The number of aromatic hydroxyl groups is 1. The summed E-state index contributed by atoms with van der Waals surface area (Å²) < 4.78 is 0. The van der Waals surface area contributed by atoms with E-state index in [1.54, 1.807) is 25.2 Å². The van der Waals surface area contributed by atoms with Gasteiger partial charge in [0.15, 0.2) is 0 Å². The first kappa shape index (κ1) is 11.1. The number of amides is 1. The van der Waals surface area contributed by atoms with Crippen LogP contribution in [-0.2, 0) is 0 Å². The van der Waals surface area contributed by atoms with Gasteiger partial charge in [-0.1, -0.05) is 0 Å². The van der Waals surface area contributed by atoms with E-state index in [9.17, 15) is 9.90 Å². The largest absolute Gasteiger partial charge is 0.508 e. The average Bonchev–Trinajstić information content (AvgIpc) is 2.39. The number of aromatic nitrogens is 2. The zero-order valence-electron chi connectivity index (χ0n) is 9.24. The van der Waals surface area contributed by atoms with E-state index in [1.165, 1.54) is 29.4 Å². The number of phenolic OH excluding ortho intramolecular Hbond substituents is 1. The van der Waals surface area contributed by atoms with Crippen molar-refractivity contribution in [3.63, 3.8) is 0 Å². The summed E-state index contributed by atoms with van der Waals surface area (Å²) in [7, 11) is 1.66. The van der Waals surface area contributed by atoms with Gasteiger partial charge in [-0.2, -0.15) is 10.2 Å². The minimum atomic E-state index is -0.175. The molecule has 1 aromatic heterocycles. The molecule has 1 amide bonds. The van der Waals surface area contributed by atoms with E-state index in [1.807, 2.05) is 0 Å². The fraction of sp³-hybridized carbons (Fsp3) is 0.0833. The number of benzene rings is 1. The molecular formula is C12H11N3O2. The van der Waals surface area contributed by atoms with Crippen LogP contribution in [0.3, 0.4) is 0 Å². The highest BCUT2D eigenvalue weighted by Gasteiger charge is 2.13. The van der Waals surface area contributed by atoms with Crippen molar-refractivity contribution in [1.82, 2.24) is 10.2 Å². The first-order chi connectivity index (χ1) is 8.18. The molecule has 1 heterocycles. The van der Waals surface area contributed by atoms with Crippen LogP contribution in [0.25, 0.3) is 0 Å². The summed E-state index contributed by atoms with van der Waals surface area (Å²) in [5.41, 5.74) is 1.17. The first-order valence-electron chi connectivity index (χ1n) is 5.02. The topological polar surface area (TPSA) is 66.3 Å². The Labute approximate surface area is 98.3 Å². The molecule has 0 bridgehead atoms. The third-order valence-electron chi connectivity index (χ3n) is 2.37. The lowest BCUT2D eigenvalue weighted by molar-refractivity contribution is 0.0992. The number of carbonyl (C=O) groups is 1. The predicted molar refractivity (Wildman–Crippen MR) is 62.9 cm³/mol. The van der Waals surface area contributed by atoms with Crippen molar-refractivity contribution in [1.29, 1.82) is 0 Å². The summed E-state index contributed by atoms with van der Waals surface area (Å²) in [6, 6.07) is 8.00. The molecule has 0 unspecified atom stereocenters. The summed E-state index contributed by atoms with van der Waals surface area (Å²) >= 11 is 0. The molecule has 1 aromatic carbocycles. The third-order valence-corrected chi connectivity index (χ3v) is 2.37. The van der Waals surface area contributed by atoms with Crippen molar-refractivity contribution in [2.24, 2.45) is 0 Å². The van der Waals surface area contributed by atoms with Crippen LogP contribution in [0.15, 0.2) is 42.7 Å². The van der Waals surface area contributed by atoms with Gasteiger partial charge in [0.05, 0.1) is 18.0 Å². The third kappa shape index (κ3) is 2.39. The number of hydrogen-bond acceptors (Lipinski definition) is 4. The molecular weight excluding hydrogens is 218 g/mol. The van der Waals surface area contributed by atoms with Crippen molar-refractivity contribution < 1.29 is 9.90 Å². The van der Waals surface area contributed by atoms with Crippen molar-refractivity contribution in [3.05, 3.63) is 48.3 Å². The summed E-state index contributed by atoms with van der Waals surface area (Å²) in [5.74, 6) is -0.00855. The Balaban J connectivity index is 2.23. The second-order valence-electron chi connectivity index (χ2n) is 3.51. The Morgan fingerprint density at radius 3 is 2.47 bits per heavy atom. The monoisotopic (exact) mass is 229 g/mol. The molecule has 17 heavy (non-hydrogen) atoms. The molecule has 0 aliphatic carbocycles. The highest BCUT2D eigenvalue weighted by molar-refractivity contribution is 6.05. The van der Waals surface area contributed by atoms with Crippen LogP contribution in [-0.4, -0.2) is 28.3 Å². The Bertz CT molecular complexity index is 511. The summed E-state index contributed by atoms with van der Waals surface area (Å²) in [6.07, 6.45) is 2.89. The summed E-state index contributed by atoms with van der Waals surface area (Å²) in [5, 5.41) is 16.4. The molecule has 5 heteroatoms. The van der Waals surface area contributed by atoms with Crippen LogP contribution in [0, 0.1) is 0 Å². The number of hydrogen-bond donors (Lipinski definition) is 1. The second kappa shape index (κ2) is 4.61. The van der Waals surface area contributed by atoms with Gasteiger partial charge in [-0.15, -0.1) is 0 Å². The maximum atomic E-state index is 12.0. The van der Waals surface area contributed by atoms with Gasteiger partial charge in [-0.25, -0.2) is 0 Å². The van der Waals surface area contributed by atoms with Crippen LogP contribution >= 0.6 is 0 Å². The van der Waals surface area contributed by atoms with Gasteiger partial charge in [0.1, 0.15) is 5.75 Å². The van der Waals surface area contributed by atoms with Crippen molar-refractivity contribution in [3.8, 4) is 5.75 Å². The fourth-order valence-electron chi connectivity index (χ4n) is 1.40. The SMILES string of the molecule is CN(C(=O)c1ccnnc1)c1ccc(O)cc1. The molecule has 5 nitrogen and oxygen atoms in total. The zero-order valence-corrected chi connectivity index (χ0v) is 9.24. The molecule has 2 rings (SSSR count). The molecule has 0 fully saturated rings. The van der Waals surface area contributed by atoms with Gasteiger partial charge < -0.3 is 10.0 Å². The van der Waals surface area contributed by atoms with Gasteiger partial charge in [-0.3, -0.25) is 4.79 Å². The molecule has 0 atom stereocenters. The molecule has 2 aromatic rings. The van der Waals surface area contributed by atoms with Gasteiger partial charge in [0, 0.05) is 12.7 Å². The molecule has 0 radical (unpaired) electrons. The molecule has 1 N–H and O–H groups in total. The van der Waals surface area contributed by atoms with Crippen LogP contribution in [0.2, 0.25) is 0 Å². The van der Waals surface area contributed by atoms with Gasteiger partial charge in [0.2, 0.25) is 0 Å². The summed E-state index contributed by atoms with van der Waals surface area (Å²) in [6.45, 7) is 0. The number of rotatable bonds is 2. The Morgan fingerprint density at radius 2 is 1.88 bits per heavy atom. The lowest BCUT2D eigenvalue weighted by atomic mass is 10.2. The quantitative estimate of drug-likeness (QED) is 0.846. The van der Waals surface area contributed by atoms with E-state index < -0.39 is 0 Å². The maximum Gasteiger partial charge on any atom is 0.259 e. The molecule has 0 aliphatic heterocycles. The number of anilines is 1. The van der Waals surface area contributed by atoms with E-state index in [-0.39, 0.29) is 11.7 Å². The molecule has 0 saturated carbocycles. The number of nitrogens with zero attached hydrogens (tertiary/aromatic N) is 3. The number of carbonyl (C=O) groups excluding carboxylic acids is 1. The second-order valence-corrected chi connectivity index (χ2v) is 3.51. The van der Waals surface area contributed by atoms with Gasteiger partial charge in [0.25, 0.3) is 5.91 Å². The maximum absolute atomic E-state index is 12.0. The van der Waals surface area contributed by atoms with Crippen molar-refractivity contribution in [2.45, 2.75) is 0 Å². The molecule has 0 aliphatic rings. The van der Waals surface area contributed by atoms with E-state index in [4.69, 9.17) is 0 Å². The standard InChI is InChI=1S/C12H11N3O2/c1-15(10-2-4-11(16)5-3-10)12(17)9-6-7-13-14-8-9/h2-8,16H,1H3. The lowest BCUT2D eigenvalue weighted by Gasteiger charge is -2.16. The Kier molecular flexibility index (Phi) is 3.00. The molecule has 0 saturated heterocycles. The van der Waals surface area contributed by atoms with Crippen molar-refractivity contribution in [2.75, 3.05) is 11.9 Å². The lowest BCUT2D eigenvalue weighted by Crippen LogP contribution is -2.26. The van der Waals surface area contributed by atoms with Crippen LogP contribution in [0.1, 0.15) is 10.4 Å². The molecule has 86 valence electrons. The highest BCUT2D eigenvalue weighted by Crippen LogP contribution is 2.18. The smallest absolute Gasteiger partial charge is 0.259 e. The van der Waals surface area contributed by atoms with Crippen LogP contribution < -0.4 is 4.90 Å². The van der Waals surface area contributed by atoms with Gasteiger partial charge >= 0.3 is 0 Å². The van der Waals surface area contributed by atoms with E-state index >= 15 is 0 Å². The fourth-order valence-corrected chi connectivity index (χ4v) is 1.40. The Morgan fingerprint density at radius 1 is 1.18 bits per heavy atom. The minimum Gasteiger partial charge on any atom is -0.508 e. The van der Waals surface area contributed by atoms with Crippen LogP contribution in [0.4, 0.5) is 5.69 Å². The van der Waals surface area contributed by atoms with Crippen LogP contribution in [0.5, 0.6) is 5.75 Å². The zero-order chi connectivity index (χ0) is 12.3. The Hall–Kier alpha value is -2.43. The van der Waals surface area contributed by atoms with E-state index in [2.05, 4.69) is 10.2 Å². The number of phenols is 1. The highest BCUT2D eigenvalue weighted by atomic mass is 16.3. The summed E-state index contributed by atoms with van der Waals surface area (Å²) in [4.78, 5) is 13.5. The minimum absolute atomic E-state index is 0.167. The molecule has 0 spiro atoms. The van der Waals surface area contributed by atoms with Gasteiger partial charge in [-0.05, 0) is 30.3 Å². The first-order valence-corrected chi connectivity index (χ1v) is 5.02. The normalized spacial score (nSPS) is 9.94. The van der Waals surface area contributed by atoms with Crippen molar-refractivity contribution >= 4 is 11.6 Å². The predicted octanol–water partition coefficient (Wildman–Crippen LogP) is 1.46. The average molecular weight is 229 g/mol. The van der Waals surface area contributed by atoms with E-state index in [0.717, 1.165) is 0 Å².